The van der Waals surface area contributed by atoms with E-state index in [0.717, 1.165) is 5.56 Å². The van der Waals surface area contributed by atoms with E-state index in [2.05, 4.69) is 0 Å². The number of carbonyl (C=O) groups is 1. The number of ether oxygens (including phenoxy) is 2. The number of benzene rings is 1. The van der Waals surface area contributed by atoms with E-state index in [1.54, 1.807) is 6.08 Å². The van der Waals surface area contributed by atoms with Gasteiger partial charge in [-0.15, -0.1) is 0 Å². The molecule has 3 nitrogen and oxygen atoms in total. The van der Waals surface area contributed by atoms with Crippen molar-refractivity contribution in [2.75, 3.05) is 14.2 Å². The molecule has 84 valence electrons. The van der Waals surface area contributed by atoms with Gasteiger partial charge in [-0.2, -0.15) is 0 Å². The molecule has 0 aliphatic carbocycles. The predicted molar refractivity (Wildman–Crippen MR) is 62.6 cm³/mol. The molecule has 1 rings (SSSR count). The Morgan fingerprint density at radius 3 is 2.19 bits per heavy atom. The molecule has 16 heavy (non-hydrogen) atoms. The van der Waals surface area contributed by atoms with E-state index in [9.17, 15) is 4.79 Å². The van der Waals surface area contributed by atoms with Crippen LogP contribution in [0.3, 0.4) is 0 Å². The lowest BCUT2D eigenvalue weighted by Gasteiger charge is -2.04. The fourth-order valence-electron chi connectivity index (χ4n) is 1.19. The zero-order valence-corrected chi connectivity index (χ0v) is 9.34. The Bertz CT molecular complexity index is 391. The van der Waals surface area contributed by atoms with Crippen molar-refractivity contribution in [1.82, 2.24) is 0 Å². The number of hydrogen-bond acceptors (Lipinski definition) is 3. The van der Waals surface area contributed by atoms with Gasteiger partial charge in [-0.1, -0.05) is 36.4 Å². The van der Waals surface area contributed by atoms with E-state index < -0.39 is 0 Å². The number of rotatable bonds is 5. The summed E-state index contributed by atoms with van der Waals surface area (Å²) in [5.41, 5.74) is 1.03. The molecule has 0 N–H and O–H groups in total. The standard InChI is InChI=1S/C13H14O3/c1-15-12(13(10-14)16-2)9-8-11-6-4-3-5-7-11/h3-10H,1-2H3. The molecular weight excluding hydrogens is 204 g/mol. The summed E-state index contributed by atoms with van der Waals surface area (Å²) in [6, 6.07) is 9.73. The van der Waals surface area contributed by atoms with Crippen LogP contribution in [0.25, 0.3) is 6.08 Å². The lowest BCUT2D eigenvalue weighted by molar-refractivity contribution is -0.107. The van der Waals surface area contributed by atoms with Crippen LogP contribution in [0.15, 0.2) is 47.9 Å². The van der Waals surface area contributed by atoms with Gasteiger partial charge >= 0.3 is 0 Å². The van der Waals surface area contributed by atoms with Crippen molar-refractivity contribution in [3.63, 3.8) is 0 Å². The molecule has 0 amide bonds. The third kappa shape index (κ3) is 3.28. The summed E-state index contributed by atoms with van der Waals surface area (Å²) in [6.07, 6.45) is 4.16. The monoisotopic (exact) mass is 218 g/mol. The molecule has 3 heteroatoms. The van der Waals surface area contributed by atoms with Crippen LogP contribution in [0.4, 0.5) is 0 Å². The summed E-state index contributed by atoms with van der Waals surface area (Å²) in [7, 11) is 2.92. The Morgan fingerprint density at radius 1 is 1.06 bits per heavy atom. The highest BCUT2D eigenvalue weighted by Crippen LogP contribution is 2.09. The Hall–Kier alpha value is -2.03. The predicted octanol–water partition coefficient (Wildman–Crippen LogP) is 2.40. The molecule has 0 aromatic heterocycles. The molecule has 1 aromatic carbocycles. The summed E-state index contributed by atoms with van der Waals surface area (Å²) in [4.78, 5) is 10.7. The molecule has 0 spiro atoms. The first-order valence-corrected chi connectivity index (χ1v) is 4.82. The minimum atomic E-state index is 0.176. The number of carbonyl (C=O) groups excluding carboxylic acids is 1. The van der Waals surface area contributed by atoms with Crippen molar-refractivity contribution in [3.8, 4) is 0 Å². The molecule has 0 atom stereocenters. The molecule has 0 saturated heterocycles. The van der Waals surface area contributed by atoms with Crippen LogP contribution in [0.2, 0.25) is 0 Å². The van der Waals surface area contributed by atoms with Crippen LogP contribution >= 0.6 is 0 Å². The Kier molecular flexibility index (Phi) is 4.86. The molecule has 0 aliphatic rings. The zero-order chi connectivity index (χ0) is 11.8. The number of hydrogen-bond donors (Lipinski definition) is 0. The van der Waals surface area contributed by atoms with Crippen LogP contribution in [0, 0.1) is 0 Å². The molecule has 0 aliphatic heterocycles. The van der Waals surface area contributed by atoms with Gasteiger partial charge in [0.05, 0.1) is 14.2 Å². The Labute approximate surface area is 95.0 Å². The molecule has 0 saturated carbocycles. The average Bonchev–Trinajstić information content (AvgIpc) is 2.35. The molecule has 0 heterocycles. The normalized spacial score (nSPS) is 12.1. The fourth-order valence-corrected chi connectivity index (χ4v) is 1.19. The molecule has 0 radical (unpaired) electrons. The van der Waals surface area contributed by atoms with Gasteiger partial charge in [-0.25, -0.2) is 0 Å². The van der Waals surface area contributed by atoms with E-state index >= 15 is 0 Å². The van der Waals surface area contributed by atoms with E-state index in [4.69, 9.17) is 9.47 Å². The fraction of sp³-hybridized carbons (Fsp3) is 0.154. The van der Waals surface area contributed by atoms with Crippen molar-refractivity contribution < 1.29 is 14.3 Å². The second-order valence-corrected chi connectivity index (χ2v) is 3.00. The Balaban J connectivity index is 2.90. The highest BCUT2D eigenvalue weighted by molar-refractivity contribution is 5.72. The maximum Gasteiger partial charge on any atom is 0.200 e. The van der Waals surface area contributed by atoms with E-state index in [-0.39, 0.29) is 5.76 Å². The van der Waals surface area contributed by atoms with Gasteiger partial charge in [0, 0.05) is 0 Å². The van der Waals surface area contributed by atoms with E-state index in [0.29, 0.717) is 12.0 Å². The summed E-state index contributed by atoms with van der Waals surface area (Å²) in [5.74, 6) is 0.580. The zero-order valence-electron chi connectivity index (χ0n) is 9.34. The van der Waals surface area contributed by atoms with Gasteiger partial charge in [0.25, 0.3) is 0 Å². The summed E-state index contributed by atoms with van der Waals surface area (Å²) in [5, 5.41) is 0. The quantitative estimate of drug-likeness (QED) is 0.329. The maximum atomic E-state index is 10.7. The number of methoxy groups -OCH3 is 2. The number of aldehydes is 1. The van der Waals surface area contributed by atoms with Gasteiger partial charge in [0.1, 0.15) is 0 Å². The minimum absolute atomic E-state index is 0.176. The number of allylic oxidation sites excluding steroid dienone is 2. The summed E-state index contributed by atoms with van der Waals surface area (Å²) in [6.45, 7) is 0. The van der Waals surface area contributed by atoms with Gasteiger partial charge in [-0.3, -0.25) is 4.79 Å². The van der Waals surface area contributed by atoms with Gasteiger partial charge < -0.3 is 9.47 Å². The second-order valence-electron chi connectivity index (χ2n) is 3.00. The van der Waals surface area contributed by atoms with Crippen LogP contribution in [0.1, 0.15) is 5.56 Å². The topological polar surface area (TPSA) is 35.5 Å². The average molecular weight is 218 g/mol. The SMILES string of the molecule is COC(C=O)=C(C=Cc1ccccc1)OC. The van der Waals surface area contributed by atoms with Crippen molar-refractivity contribution in [2.24, 2.45) is 0 Å². The van der Waals surface area contributed by atoms with Crippen molar-refractivity contribution >= 4 is 12.4 Å². The minimum Gasteiger partial charge on any atom is -0.493 e. The molecule has 0 unspecified atom stereocenters. The maximum absolute atomic E-state index is 10.7. The highest BCUT2D eigenvalue weighted by atomic mass is 16.5. The summed E-state index contributed by atoms with van der Waals surface area (Å²) < 4.78 is 9.93. The van der Waals surface area contributed by atoms with Crippen LogP contribution in [0.5, 0.6) is 0 Å². The first-order valence-electron chi connectivity index (χ1n) is 4.82. The molecule has 0 bridgehead atoms. The largest absolute Gasteiger partial charge is 0.493 e. The van der Waals surface area contributed by atoms with Crippen molar-refractivity contribution in [2.45, 2.75) is 0 Å². The van der Waals surface area contributed by atoms with Gasteiger partial charge in [-0.05, 0) is 11.6 Å². The lowest BCUT2D eigenvalue weighted by atomic mass is 10.2. The van der Waals surface area contributed by atoms with Crippen LogP contribution in [-0.2, 0) is 14.3 Å². The highest BCUT2D eigenvalue weighted by Gasteiger charge is 2.02. The summed E-state index contributed by atoms with van der Waals surface area (Å²) >= 11 is 0. The van der Waals surface area contributed by atoms with Gasteiger partial charge in [0.2, 0.25) is 5.76 Å². The molecule has 0 fully saturated rings. The Morgan fingerprint density at radius 2 is 1.69 bits per heavy atom. The third-order valence-electron chi connectivity index (χ3n) is 2.02. The smallest absolute Gasteiger partial charge is 0.200 e. The van der Waals surface area contributed by atoms with E-state index in [1.165, 1.54) is 14.2 Å². The molecular formula is C13H14O3. The second kappa shape index (κ2) is 6.45. The lowest BCUT2D eigenvalue weighted by Crippen LogP contribution is -1.95. The van der Waals surface area contributed by atoms with Crippen LogP contribution < -0.4 is 0 Å². The van der Waals surface area contributed by atoms with Gasteiger partial charge in [0.15, 0.2) is 12.0 Å². The third-order valence-corrected chi connectivity index (χ3v) is 2.02. The van der Waals surface area contributed by atoms with Crippen molar-refractivity contribution in [1.29, 1.82) is 0 Å². The first-order chi connectivity index (χ1) is 7.81. The molecule has 1 aromatic rings. The van der Waals surface area contributed by atoms with Crippen molar-refractivity contribution in [3.05, 3.63) is 53.5 Å². The first kappa shape index (κ1) is 12.0. The van der Waals surface area contributed by atoms with E-state index in [1.807, 2.05) is 36.4 Å². The van der Waals surface area contributed by atoms with Crippen LogP contribution in [-0.4, -0.2) is 20.5 Å².